The minimum Gasteiger partial charge on any atom is -0.481 e. The summed E-state index contributed by atoms with van der Waals surface area (Å²) < 4.78 is 1.91. The van der Waals surface area contributed by atoms with Crippen molar-refractivity contribution in [1.29, 1.82) is 0 Å². The van der Waals surface area contributed by atoms with Gasteiger partial charge in [-0.1, -0.05) is 53.7 Å². The van der Waals surface area contributed by atoms with E-state index in [1.54, 1.807) is 23.1 Å². The molecule has 1 aromatic heterocycles. The third-order valence-corrected chi connectivity index (χ3v) is 8.57. The number of aliphatic carboxylic acids is 1. The first-order chi connectivity index (χ1) is 15.0. The zero-order valence-electron chi connectivity index (χ0n) is 16.3. The van der Waals surface area contributed by atoms with E-state index in [1.165, 1.54) is 0 Å². The second-order valence-corrected chi connectivity index (χ2v) is 10.5. The van der Waals surface area contributed by atoms with E-state index < -0.39 is 17.8 Å². The van der Waals surface area contributed by atoms with Crippen molar-refractivity contribution >= 4 is 62.5 Å². The summed E-state index contributed by atoms with van der Waals surface area (Å²) in [6, 6.07) is 13.4. The van der Waals surface area contributed by atoms with Gasteiger partial charge in [0.1, 0.15) is 0 Å². The summed E-state index contributed by atoms with van der Waals surface area (Å²) in [6.45, 7) is 0. The van der Waals surface area contributed by atoms with Gasteiger partial charge in [-0.25, -0.2) is 4.98 Å². The number of thioether (sulfide) groups is 1. The molecule has 0 spiro atoms. The molecule has 158 valence electrons. The van der Waals surface area contributed by atoms with Gasteiger partial charge >= 0.3 is 5.97 Å². The summed E-state index contributed by atoms with van der Waals surface area (Å²) in [5, 5.41) is 13.3. The number of carboxylic acid groups (broad SMARTS) is 1. The molecule has 2 bridgehead atoms. The summed E-state index contributed by atoms with van der Waals surface area (Å²) in [6.07, 6.45) is 4.68. The number of benzene rings is 2. The van der Waals surface area contributed by atoms with Crippen molar-refractivity contribution in [2.75, 3.05) is 5.32 Å². The van der Waals surface area contributed by atoms with Crippen molar-refractivity contribution in [2.24, 2.45) is 23.7 Å². The molecule has 0 unspecified atom stereocenters. The highest BCUT2D eigenvalue weighted by atomic mass is 35.5. The normalized spacial score (nSPS) is 24.0. The first kappa shape index (κ1) is 20.5. The number of aromatic nitrogens is 1. The fourth-order valence-corrected chi connectivity index (χ4v) is 6.93. The van der Waals surface area contributed by atoms with Crippen LogP contribution in [0.25, 0.3) is 10.2 Å². The molecule has 5 nitrogen and oxygen atoms in total. The number of halogens is 1. The van der Waals surface area contributed by atoms with E-state index in [9.17, 15) is 14.7 Å². The molecular weight excluding hydrogens is 452 g/mol. The van der Waals surface area contributed by atoms with E-state index in [1.807, 2.05) is 54.6 Å². The number of hydrogen-bond donors (Lipinski definition) is 2. The van der Waals surface area contributed by atoms with Gasteiger partial charge in [0.15, 0.2) is 4.34 Å². The standard InChI is InChI=1S/C23H19ClN2O3S2/c24-16-4-2-1-3-14(16)11-30-23-26-17-8-7-15(10-18(17)31-23)25-21(27)19-12-5-6-13(9-12)20(19)22(28)29/h1-8,10,12-13,19-20H,9,11H2,(H,25,27)(H,28,29)/t12-,13-,19+,20-/m0/s1. The summed E-state index contributed by atoms with van der Waals surface area (Å²) in [5.74, 6) is -1.58. The fraction of sp³-hybridized carbons (Fsp3) is 0.261. The van der Waals surface area contributed by atoms with Gasteiger partial charge in [-0.2, -0.15) is 0 Å². The highest BCUT2D eigenvalue weighted by Gasteiger charge is 2.51. The molecule has 3 aromatic rings. The lowest BCUT2D eigenvalue weighted by molar-refractivity contribution is -0.146. The van der Waals surface area contributed by atoms with Crippen LogP contribution in [0.4, 0.5) is 5.69 Å². The summed E-state index contributed by atoms with van der Waals surface area (Å²) in [5.41, 5.74) is 2.60. The number of amides is 1. The number of rotatable bonds is 6. The summed E-state index contributed by atoms with van der Waals surface area (Å²) in [4.78, 5) is 29.3. The monoisotopic (exact) mass is 470 g/mol. The van der Waals surface area contributed by atoms with Crippen LogP contribution in [0.5, 0.6) is 0 Å². The molecule has 2 aromatic carbocycles. The molecule has 1 heterocycles. The fourth-order valence-electron chi connectivity index (χ4n) is 4.54. The van der Waals surface area contributed by atoms with E-state index >= 15 is 0 Å². The van der Waals surface area contributed by atoms with E-state index in [-0.39, 0.29) is 17.7 Å². The molecule has 0 radical (unpaired) electrons. The number of hydrogen-bond acceptors (Lipinski definition) is 5. The number of nitrogens with zero attached hydrogens (tertiary/aromatic N) is 1. The minimum atomic E-state index is -0.893. The second-order valence-electron chi connectivity index (χ2n) is 7.87. The molecule has 0 aliphatic heterocycles. The molecule has 5 rings (SSSR count). The van der Waals surface area contributed by atoms with Crippen molar-refractivity contribution < 1.29 is 14.7 Å². The van der Waals surface area contributed by atoms with E-state index in [0.717, 1.165) is 37.3 Å². The zero-order valence-corrected chi connectivity index (χ0v) is 18.7. The van der Waals surface area contributed by atoms with Gasteiger partial charge in [-0.05, 0) is 48.1 Å². The Kier molecular flexibility index (Phi) is 5.50. The van der Waals surface area contributed by atoms with Crippen molar-refractivity contribution in [2.45, 2.75) is 16.5 Å². The molecule has 4 atom stereocenters. The molecule has 2 N–H and O–H groups in total. The van der Waals surface area contributed by atoms with Gasteiger partial charge in [-0.3, -0.25) is 9.59 Å². The number of allylic oxidation sites excluding steroid dienone is 2. The van der Waals surface area contributed by atoms with E-state index in [2.05, 4.69) is 10.3 Å². The van der Waals surface area contributed by atoms with Gasteiger partial charge in [0, 0.05) is 16.5 Å². The number of carbonyl (C=O) groups excluding carboxylic acids is 1. The molecular formula is C23H19ClN2O3S2. The lowest BCUT2D eigenvalue weighted by Gasteiger charge is -2.23. The van der Waals surface area contributed by atoms with Crippen LogP contribution in [-0.4, -0.2) is 22.0 Å². The molecule has 0 saturated heterocycles. The number of thiazole rings is 1. The Morgan fingerprint density at radius 2 is 1.94 bits per heavy atom. The molecule has 31 heavy (non-hydrogen) atoms. The van der Waals surface area contributed by atoms with Crippen LogP contribution in [0, 0.1) is 23.7 Å². The van der Waals surface area contributed by atoms with Crippen LogP contribution < -0.4 is 5.32 Å². The molecule has 1 fully saturated rings. The number of carboxylic acids is 1. The van der Waals surface area contributed by atoms with E-state index in [4.69, 9.17) is 11.6 Å². The summed E-state index contributed by atoms with van der Waals surface area (Å²) >= 11 is 9.43. The van der Waals surface area contributed by atoms with Gasteiger partial charge in [0.2, 0.25) is 5.91 Å². The predicted molar refractivity (Wildman–Crippen MR) is 125 cm³/mol. The highest BCUT2D eigenvalue weighted by Crippen LogP contribution is 2.48. The number of fused-ring (bicyclic) bond motifs is 3. The van der Waals surface area contributed by atoms with Crippen molar-refractivity contribution in [1.82, 2.24) is 4.98 Å². The molecule has 2 aliphatic rings. The van der Waals surface area contributed by atoms with Crippen molar-refractivity contribution in [3.63, 3.8) is 0 Å². The predicted octanol–water partition coefficient (Wildman–Crippen LogP) is 5.70. The van der Waals surface area contributed by atoms with Gasteiger partial charge in [0.25, 0.3) is 0 Å². The third kappa shape index (κ3) is 3.97. The van der Waals surface area contributed by atoms with Crippen LogP contribution >= 0.6 is 34.7 Å². The largest absolute Gasteiger partial charge is 0.481 e. The maximum absolute atomic E-state index is 12.9. The average Bonchev–Trinajstić information content (AvgIpc) is 3.46. The minimum absolute atomic E-state index is 0.00560. The van der Waals surface area contributed by atoms with Gasteiger partial charge in [0.05, 0.1) is 22.1 Å². The number of anilines is 1. The highest BCUT2D eigenvalue weighted by molar-refractivity contribution is 8.00. The van der Waals surface area contributed by atoms with Crippen molar-refractivity contribution in [3.8, 4) is 0 Å². The topological polar surface area (TPSA) is 79.3 Å². The SMILES string of the molecule is O=C(O)[C@@H]1[C@H](C(=O)Nc2ccc3nc(SCc4ccccc4Cl)sc3c2)[C@H]2C=C[C@H]1C2. The molecule has 1 amide bonds. The lowest BCUT2D eigenvalue weighted by atomic mass is 9.82. The Morgan fingerprint density at radius 1 is 1.16 bits per heavy atom. The Labute approximate surface area is 192 Å². The van der Waals surface area contributed by atoms with Crippen LogP contribution in [0.2, 0.25) is 5.02 Å². The number of carbonyl (C=O) groups is 2. The average molecular weight is 471 g/mol. The Morgan fingerprint density at radius 3 is 2.71 bits per heavy atom. The molecule has 1 saturated carbocycles. The summed E-state index contributed by atoms with van der Waals surface area (Å²) in [7, 11) is 0. The maximum atomic E-state index is 12.9. The van der Waals surface area contributed by atoms with Gasteiger partial charge < -0.3 is 10.4 Å². The smallest absolute Gasteiger partial charge is 0.307 e. The van der Waals surface area contributed by atoms with Crippen LogP contribution in [0.3, 0.4) is 0 Å². The van der Waals surface area contributed by atoms with Crippen LogP contribution in [-0.2, 0) is 15.3 Å². The van der Waals surface area contributed by atoms with E-state index in [0.29, 0.717) is 5.69 Å². The zero-order chi connectivity index (χ0) is 21.5. The van der Waals surface area contributed by atoms with Crippen LogP contribution in [0.15, 0.2) is 59.0 Å². The Bertz CT molecular complexity index is 1210. The van der Waals surface area contributed by atoms with Gasteiger partial charge in [-0.15, -0.1) is 11.3 Å². The Balaban J connectivity index is 1.30. The third-order valence-electron chi connectivity index (χ3n) is 5.99. The first-order valence-corrected chi connectivity index (χ1v) is 12.2. The second kappa shape index (κ2) is 8.30. The van der Waals surface area contributed by atoms with Crippen LogP contribution in [0.1, 0.15) is 12.0 Å². The quantitative estimate of drug-likeness (QED) is 0.356. The first-order valence-electron chi connectivity index (χ1n) is 9.98. The lowest BCUT2D eigenvalue weighted by Crippen LogP contribution is -2.36. The molecule has 8 heteroatoms. The molecule has 2 aliphatic carbocycles. The maximum Gasteiger partial charge on any atom is 0.307 e. The van der Waals surface area contributed by atoms with Crippen molar-refractivity contribution in [3.05, 3.63) is 65.2 Å². The number of nitrogens with one attached hydrogen (secondary N) is 1. The Hall–Kier alpha value is -2.35.